The van der Waals surface area contributed by atoms with E-state index in [1.54, 1.807) is 35.8 Å². The van der Waals surface area contributed by atoms with Gasteiger partial charge in [-0.2, -0.15) is 0 Å². The van der Waals surface area contributed by atoms with Crippen LogP contribution in [0.4, 0.5) is 4.39 Å². The highest BCUT2D eigenvalue weighted by Gasteiger charge is 2.24. The summed E-state index contributed by atoms with van der Waals surface area (Å²) < 4.78 is 24.8. The van der Waals surface area contributed by atoms with Crippen molar-refractivity contribution in [2.75, 3.05) is 32.0 Å². The van der Waals surface area contributed by atoms with Crippen molar-refractivity contribution in [1.82, 2.24) is 24.0 Å². The van der Waals surface area contributed by atoms with Gasteiger partial charge in [-0.25, -0.2) is 14.2 Å². The van der Waals surface area contributed by atoms with Crippen LogP contribution in [0, 0.1) is 5.82 Å². The minimum Gasteiger partial charge on any atom is -0.478 e. The topological polar surface area (TPSA) is 65.2 Å². The van der Waals surface area contributed by atoms with Crippen molar-refractivity contribution in [2.45, 2.75) is 43.5 Å². The van der Waals surface area contributed by atoms with Crippen molar-refractivity contribution < 1.29 is 9.13 Å². The van der Waals surface area contributed by atoms with Crippen molar-refractivity contribution in [1.29, 1.82) is 0 Å². The van der Waals surface area contributed by atoms with Gasteiger partial charge in [-0.1, -0.05) is 6.42 Å². The van der Waals surface area contributed by atoms with Gasteiger partial charge in [-0.3, -0.25) is 14.1 Å². The zero-order valence-corrected chi connectivity index (χ0v) is 21.3. The average molecular weight is 508 g/mol. The highest BCUT2D eigenvalue weighted by molar-refractivity contribution is 7.99. The second kappa shape index (κ2) is 9.86. The number of rotatable bonds is 6. The number of aryl methyl sites for hydroxylation is 2. The van der Waals surface area contributed by atoms with Crippen molar-refractivity contribution >= 4 is 33.7 Å². The third-order valence-corrected chi connectivity index (χ3v) is 8.47. The Labute approximate surface area is 213 Å². The van der Waals surface area contributed by atoms with Gasteiger partial charge in [-0.15, -0.1) is 11.8 Å². The number of piperidine rings is 1. The molecule has 2 aliphatic heterocycles. The Morgan fingerprint density at radius 3 is 2.75 bits per heavy atom. The van der Waals surface area contributed by atoms with Gasteiger partial charge in [0.2, 0.25) is 5.88 Å². The third kappa shape index (κ3) is 4.18. The number of aromatic nitrogens is 4. The van der Waals surface area contributed by atoms with E-state index in [4.69, 9.17) is 4.74 Å². The minimum atomic E-state index is -0.334. The molecular formula is C27H30FN5O2S. The molecule has 5 heterocycles. The standard InChI is InChI=1S/C27H30FN5O2S/c1-31-21-17-29-20-15-19(28)23(26-24(20)25(21)33(27(31)34)12-6-14-36-26)18-7-8-22(30-16-18)35-13-5-11-32-9-3-2-4-10-32/h7-8,15-17H,2-6,9-14H2,1H3. The fourth-order valence-corrected chi connectivity index (χ4v) is 6.63. The molecule has 0 spiro atoms. The summed E-state index contributed by atoms with van der Waals surface area (Å²) in [6.45, 7) is 4.67. The molecule has 7 nitrogen and oxygen atoms in total. The van der Waals surface area contributed by atoms with E-state index >= 15 is 4.39 Å². The number of hydrogen-bond acceptors (Lipinski definition) is 6. The van der Waals surface area contributed by atoms with E-state index < -0.39 is 0 Å². The number of hydrogen-bond donors (Lipinski definition) is 0. The molecule has 0 unspecified atom stereocenters. The van der Waals surface area contributed by atoms with E-state index in [2.05, 4.69) is 14.9 Å². The molecule has 36 heavy (non-hydrogen) atoms. The van der Waals surface area contributed by atoms with E-state index in [0.29, 0.717) is 35.7 Å². The van der Waals surface area contributed by atoms with Crippen molar-refractivity contribution in [2.24, 2.45) is 7.05 Å². The lowest BCUT2D eigenvalue weighted by molar-refractivity contribution is 0.203. The number of benzene rings is 1. The first kappa shape index (κ1) is 23.5. The molecule has 0 saturated carbocycles. The Hall–Kier alpha value is -2.91. The van der Waals surface area contributed by atoms with Crippen molar-refractivity contribution in [3.8, 4) is 17.0 Å². The Kier molecular flexibility index (Phi) is 6.43. The van der Waals surface area contributed by atoms with Crippen LogP contribution < -0.4 is 10.4 Å². The van der Waals surface area contributed by atoms with Gasteiger partial charge >= 0.3 is 5.69 Å². The van der Waals surface area contributed by atoms with Crippen molar-refractivity contribution in [3.05, 3.63) is 46.9 Å². The fraction of sp³-hybridized carbons (Fsp3) is 0.444. The lowest BCUT2D eigenvalue weighted by Gasteiger charge is -2.26. The quantitative estimate of drug-likeness (QED) is 0.348. The van der Waals surface area contributed by atoms with E-state index in [-0.39, 0.29) is 11.5 Å². The molecule has 9 heteroatoms. The molecule has 1 fully saturated rings. The first-order chi connectivity index (χ1) is 17.6. The smallest absolute Gasteiger partial charge is 0.328 e. The molecule has 1 saturated heterocycles. The number of nitrogens with zero attached hydrogens (tertiary/aromatic N) is 5. The van der Waals surface area contributed by atoms with E-state index in [1.165, 1.54) is 38.4 Å². The zero-order valence-electron chi connectivity index (χ0n) is 20.5. The van der Waals surface area contributed by atoms with Gasteiger partial charge in [0.15, 0.2) is 0 Å². The monoisotopic (exact) mass is 507 g/mol. The summed E-state index contributed by atoms with van der Waals surface area (Å²) in [5.74, 6) is 1.00. The summed E-state index contributed by atoms with van der Waals surface area (Å²) >= 11 is 1.63. The van der Waals surface area contributed by atoms with Crippen LogP contribution >= 0.6 is 11.8 Å². The molecule has 4 aromatic rings. The highest BCUT2D eigenvalue weighted by atomic mass is 32.2. The molecule has 2 aliphatic rings. The number of ether oxygens (including phenoxy) is 1. The minimum absolute atomic E-state index is 0.0634. The van der Waals surface area contributed by atoms with Crippen LogP contribution in [0.5, 0.6) is 5.88 Å². The lowest BCUT2D eigenvalue weighted by Crippen LogP contribution is -2.31. The Morgan fingerprint density at radius 2 is 1.94 bits per heavy atom. The maximum atomic E-state index is 15.5. The highest BCUT2D eigenvalue weighted by Crippen LogP contribution is 2.42. The van der Waals surface area contributed by atoms with Crippen LogP contribution in [-0.2, 0) is 13.6 Å². The largest absolute Gasteiger partial charge is 0.478 e. The van der Waals surface area contributed by atoms with Gasteiger partial charge in [-0.05, 0) is 50.6 Å². The fourth-order valence-electron chi connectivity index (χ4n) is 5.44. The van der Waals surface area contributed by atoms with Gasteiger partial charge in [0.05, 0.1) is 29.4 Å². The first-order valence-electron chi connectivity index (χ1n) is 12.8. The molecule has 0 amide bonds. The van der Waals surface area contributed by atoms with Gasteiger partial charge in [0, 0.05) is 59.9 Å². The van der Waals surface area contributed by atoms with Crippen LogP contribution in [0.25, 0.3) is 33.1 Å². The van der Waals surface area contributed by atoms with Gasteiger partial charge < -0.3 is 9.64 Å². The van der Waals surface area contributed by atoms with E-state index in [0.717, 1.165) is 46.5 Å². The summed E-state index contributed by atoms with van der Waals surface area (Å²) in [5, 5.41) is 0.837. The SMILES string of the molecule is Cn1c(=O)n2c3c4c(c(-c5ccc(OCCCN6CCCCC6)nc5)c(F)cc4ncc31)SCCC2. The molecule has 188 valence electrons. The van der Waals surface area contributed by atoms with Crippen LogP contribution in [0.1, 0.15) is 32.1 Å². The number of likely N-dealkylation sites (tertiary alicyclic amines) is 1. The molecule has 3 aromatic heterocycles. The molecule has 0 N–H and O–H groups in total. The average Bonchev–Trinajstić information content (AvgIpc) is 3.13. The molecule has 0 bridgehead atoms. The zero-order chi connectivity index (χ0) is 24.6. The molecular weight excluding hydrogens is 477 g/mol. The van der Waals surface area contributed by atoms with Crippen LogP contribution in [-0.4, -0.2) is 56.0 Å². The second-order valence-electron chi connectivity index (χ2n) is 9.63. The Balaban J connectivity index is 1.32. The van der Waals surface area contributed by atoms with E-state index in [9.17, 15) is 4.79 Å². The van der Waals surface area contributed by atoms with Crippen LogP contribution in [0.2, 0.25) is 0 Å². The summed E-state index contributed by atoms with van der Waals surface area (Å²) in [4.78, 5) is 25.2. The summed E-state index contributed by atoms with van der Waals surface area (Å²) in [5.41, 5.74) is 3.30. The summed E-state index contributed by atoms with van der Waals surface area (Å²) in [6, 6.07) is 5.17. The van der Waals surface area contributed by atoms with Crippen LogP contribution in [0.15, 0.2) is 40.3 Å². The predicted octanol–water partition coefficient (Wildman–Crippen LogP) is 4.84. The number of imidazole rings is 1. The molecule has 0 atom stereocenters. The molecule has 0 aliphatic carbocycles. The van der Waals surface area contributed by atoms with Crippen molar-refractivity contribution in [3.63, 3.8) is 0 Å². The summed E-state index contributed by atoms with van der Waals surface area (Å²) in [6.07, 6.45) is 9.07. The molecule has 1 aromatic carbocycles. The van der Waals surface area contributed by atoms with Crippen LogP contribution in [0.3, 0.4) is 0 Å². The summed E-state index contributed by atoms with van der Waals surface area (Å²) in [7, 11) is 1.76. The molecule has 6 rings (SSSR count). The Bertz CT molecular complexity index is 1470. The molecule has 0 radical (unpaired) electrons. The normalized spacial score (nSPS) is 16.5. The van der Waals surface area contributed by atoms with E-state index in [1.807, 2.05) is 16.7 Å². The van der Waals surface area contributed by atoms with Gasteiger partial charge in [0.25, 0.3) is 0 Å². The predicted molar refractivity (Wildman–Crippen MR) is 141 cm³/mol. The maximum absolute atomic E-state index is 15.5. The Morgan fingerprint density at radius 1 is 1.08 bits per heavy atom. The lowest BCUT2D eigenvalue weighted by atomic mass is 10.0. The number of halogens is 1. The number of thioether (sulfide) groups is 1. The first-order valence-corrected chi connectivity index (χ1v) is 13.7. The third-order valence-electron chi connectivity index (χ3n) is 7.28. The maximum Gasteiger partial charge on any atom is 0.328 e. The second-order valence-corrected chi connectivity index (χ2v) is 10.7. The number of pyridine rings is 2. The van der Waals surface area contributed by atoms with Gasteiger partial charge in [0.1, 0.15) is 5.82 Å².